The summed E-state index contributed by atoms with van der Waals surface area (Å²) in [7, 11) is 0. The molecular weight excluding hydrogens is 587 g/mol. The van der Waals surface area contributed by atoms with E-state index in [1.165, 1.54) is 15.1 Å². The zero-order valence-electron chi connectivity index (χ0n) is 24.8. The van der Waals surface area contributed by atoms with Crippen molar-refractivity contribution in [1.29, 1.82) is 5.41 Å². The summed E-state index contributed by atoms with van der Waals surface area (Å²) in [4.78, 5) is 34.0. The first-order valence-corrected chi connectivity index (χ1v) is 15.0. The van der Waals surface area contributed by atoms with Crippen molar-refractivity contribution < 1.29 is 14.0 Å². The number of pyridine rings is 1. The number of nitrogens with zero attached hydrogens (tertiary/aromatic N) is 7. The molecule has 0 saturated carbocycles. The molecule has 0 spiro atoms. The number of aryl methyl sites for hydroxylation is 1. The number of anilines is 3. The standard InChI is InChI=1S/C33H31FN10O2/c34-23-15-28(33(46)40-24-10-11-37-30(16-24)42-13-3-5-20-4-1-2-6-26(20)42)43(18-23)29(35)19-44-27-8-7-21(22-9-12-38-39-17-22)14-25(27)31(41-44)32(36)45/h1-2,4,6-12,14,16-17,23,28,35H,3,5,13,15,18-19H2,(H2,36,45)(H,37,40,46). The van der Waals surface area contributed by atoms with Crippen LogP contribution in [0.2, 0.25) is 0 Å². The molecule has 5 heterocycles. The van der Waals surface area contributed by atoms with Crippen LogP contribution in [0.3, 0.4) is 0 Å². The van der Waals surface area contributed by atoms with Gasteiger partial charge in [0.2, 0.25) is 5.91 Å². The molecule has 2 atom stereocenters. The van der Waals surface area contributed by atoms with Gasteiger partial charge in [-0.15, -0.1) is 0 Å². The molecule has 0 bridgehead atoms. The number of carbonyl (C=O) groups is 2. The fraction of sp³-hybridized carbons (Fsp3) is 0.242. The van der Waals surface area contributed by atoms with Crippen LogP contribution in [0.5, 0.6) is 0 Å². The number of nitrogens with two attached hydrogens (primary N) is 1. The molecule has 13 heteroatoms. The van der Waals surface area contributed by atoms with Crippen molar-refractivity contribution in [3.8, 4) is 11.1 Å². The van der Waals surface area contributed by atoms with Crippen LogP contribution in [0, 0.1) is 5.41 Å². The first-order chi connectivity index (χ1) is 22.4. The van der Waals surface area contributed by atoms with Crippen molar-refractivity contribution in [2.24, 2.45) is 5.73 Å². The SMILES string of the molecule is N=C(Cn1nc(C(N)=O)c2cc(-c3ccnnc3)ccc21)N1CC(F)CC1C(=O)Nc1ccnc(N2CCCc3ccccc32)c1. The average molecular weight is 619 g/mol. The fourth-order valence-electron chi connectivity index (χ4n) is 6.33. The number of aromatic nitrogens is 5. The van der Waals surface area contributed by atoms with Crippen LogP contribution in [0.15, 0.2) is 79.3 Å². The first kappa shape index (κ1) is 29.0. The third-order valence-electron chi connectivity index (χ3n) is 8.50. The van der Waals surface area contributed by atoms with Gasteiger partial charge in [0, 0.05) is 47.6 Å². The minimum absolute atomic E-state index is 0.0107. The van der Waals surface area contributed by atoms with Crippen molar-refractivity contribution in [2.75, 3.05) is 23.3 Å². The summed E-state index contributed by atoms with van der Waals surface area (Å²) in [6.07, 6.45) is 5.46. The summed E-state index contributed by atoms with van der Waals surface area (Å²) in [5.41, 5.74) is 10.8. The smallest absolute Gasteiger partial charge is 0.269 e. The predicted octanol–water partition coefficient (Wildman–Crippen LogP) is 4.10. The number of para-hydroxylation sites is 1. The van der Waals surface area contributed by atoms with Gasteiger partial charge in [-0.2, -0.15) is 15.3 Å². The highest BCUT2D eigenvalue weighted by molar-refractivity contribution is 6.05. The van der Waals surface area contributed by atoms with Gasteiger partial charge < -0.3 is 20.9 Å². The van der Waals surface area contributed by atoms with Gasteiger partial charge >= 0.3 is 0 Å². The molecule has 2 amide bonds. The van der Waals surface area contributed by atoms with Gasteiger partial charge in [0.1, 0.15) is 23.9 Å². The number of halogens is 1. The van der Waals surface area contributed by atoms with E-state index in [-0.39, 0.29) is 31.0 Å². The first-order valence-electron chi connectivity index (χ1n) is 15.0. The van der Waals surface area contributed by atoms with Crippen molar-refractivity contribution >= 4 is 45.7 Å². The number of rotatable bonds is 7. The maximum absolute atomic E-state index is 14.8. The highest BCUT2D eigenvalue weighted by Crippen LogP contribution is 2.33. The summed E-state index contributed by atoms with van der Waals surface area (Å²) in [5, 5.41) is 24.4. The Balaban J connectivity index is 1.10. The normalized spacial score (nSPS) is 17.6. The molecule has 2 aliphatic heterocycles. The van der Waals surface area contributed by atoms with Gasteiger partial charge in [-0.25, -0.2) is 9.37 Å². The molecule has 0 radical (unpaired) electrons. The van der Waals surface area contributed by atoms with Crippen molar-refractivity contribution in [3.63, 3.8) is 0 Å². The molecular formula is C33H31FN10O2. The van der Waals surface area contributed by atoms with E-state index in [2.05, 4.69) is 42.6 Å². The lowest BCUT2D eigenvalue weighted by atomic mass is 10.0. The van der Waals surface area contributed by atoms with Crippen LogP contribution >= 0.6 is 0 Å². The largest absolute Gasteiger partial charge is 0.364 e. The second kappa shape index (κ2) is 12.0. The summed E-state index contributed by atoms with van der Waals surface area (Å²) < 4.78 is 16.3. The van der Waals surface area contributed by atoms with Crippen LogP contribution < -0.4 is 16.0 Å². The molecule has 3 aromatic heterocycles. The second-order valence-corrected chi connectivity index (χ2v) is 11.5. The van der Waals surface area contributed by atoms with E-state index >= 15 is 0 Å². The monoisotopic (exact) mass is 618 g/mol. The van der Waals surface area contributed by atoms with Crippen molar-refractivity contribution in [1.82, 2.24) is 29.9 Å². The molecule has 2 unspecified atom stereocenters. The van der Waals surface area contributed by atoms with Crippen LogP contribution in [0.25, 0.3) is 22.0 Å². The van der Waals surface area contributed by atoms with Gasteiger partial charge in [-0.3, -0.25) is 19.7 Å². The molecule has 2 aliphatic rings. The third-order valence-corrected chi connectivity index (χ3v) is 8.50. The number of nitrogens with one attached hydrogen (secondary N) is 2. The Hall–Kier alpha value is -5.72. The number of amides is 2. The number of fused-ring (bicyclic) bond motifs is 2. The van der Waals surface area contributed by atoms with Gasteiger partial charge in [-0.05, 0) is 54.3 Å². The Labute approximate surface area is 263 Å². The number of benzene rings is 2. The number of primary amides is 1. The summed E-state index contributed by atoms with van der Waals surface area (Å²) in [6, 6.07) is 18.0. The van der Waals surface area contributed by atoms with E-state index in [0.29, 0.717) is 22.4 Å². The minimum atomic E-state index is -1.29. The number of hydrogen-bond acceptors (Lipinski definition) is 8. The Morgan fingerprint density at radius 2 is 1.91 bits per heavy atom. The predicted molar refractivity (Wildman–Crippen MR) is 172 cm³/mol. The number of likely N-dealkylation sites (tertiary alicyclic amines) is 1. The maximum Gasteiger partial charge on any atom is 0.269 e. The maximum atomic E-state index is 14.8. The lowest BCUT2D eigenvalue weighted by Gasteiger charge is -2.30. The topological polar surface area (TPSA) is 159 Å². The summed E-state index contributed by atoms with van der Waals surface area (Å²) in [5.74, 6) is -0.431. The Morgan fingerprint density at radius 3 is 2.74 bits per heavy atom. The van der Waals surface area contributed by atoms with Gasteiger partial charge in [0.15, 0.2) is 5.69 Å². The summed E-state index contributed by atoms with van der Waals surface area (Å²) in [6.45, 7) is 0.606. The Morgan fingerprint density at radius 1 is 1.04 bits per heavy atom. The zero-order chi connectivity index (χ0) is 31.8. The lowest BCUT2D eigenvalue weighted by molar-refractivity contribution is -0.119. The molecule has 1 saturated heterocycles. The fourth-order valence-corrected chi connectivity index (χ4v) is 6.33. The van der Waals surface area contributed by atoms with Crippen LogP contribution in [0.1, 0.15) is 28.9 Å². The molecule has 1 fully saturated rings. The number of alkyl halides is 1. The van der Waals surface area contributed by atoms with E-state index in [9.17, 15) is 14.0 Å². The Bertz CT molecular complexity index is 1960. The molecule has 4 N–H and O–H groups in total. The number of amidine groups is 1. The van der Waals surface area contributed by atoms with Gasteiger partial charge in [-0.1, -0.05) is 24.3 Å². The summed E-state index contributed by atoms with van der Waals surface area (Å²) >= 11 is 0. The molecule has 12 nitrogen and oxygen atoms in total. The van der Waals surface area contributed by atoms with Crippen LogP contribution in [-0.2, 0) is 17.8 Å². The number of carbonyl (C=O) groups excluding carboxylic acids is 2. The second-order valence-electron chi connectivity index (χ2n) is 11.5. The highest BCUT2D eigenvalue weighted by atomic mass is 19.1. The molecule has 46 heavy (non-hydrogen) atoms. The van der Waals surface area contributed by atoms with Crippen LogP contribution in [0.4, 0.5) is 21.6 Å². The molecule has 0 aliphatic carbocycles. The molecule has 232 valence electrons. The lowest BCUT2D eigenvalue weighted by Crippen LogP contribution is -2.44. The van der Waals surface area contributed by atoms with E-state index in [0.717, 1.165) is 36.2 Å². The molecule has 5 aromatic rings. The zero-order valence-corrected chi connectivity index (χ0v) is 24.8. The van der Waals surface area contributed by atoms with E-state index < -0.39 is 24.0 Å². The quantitative estimate of drug-likeness (QED) is 0.182. The van der Waals surface area contributed by atoms with Crippen molar-refractivity contribution in [3.05, 3.63) is 90.5 Å². The third kappa shape index (κ3) is 5.51. The van der Waals surface area contributed by atoms with Gasteiger partial charge in [0.25, 0.3) is 5.91 Å². The average Bonchev–Trinajstić information content (AvgIpc) is 3.65. The molecule has 7 rings (SSSR count). The minimum Gasteiger partial charge on any atom is -0.364 e. The number of hydrogen-bond donors (Lipinski definition) is 3. The van der Waals surface area contributed by atoms with Gasteiger partial charge in [0.05, 0.1) is 31.0 Å². The molecule has 2 aromatic carbocycles. The Kier molecular flexibility index (Phi) is 7.56. The van der Waals surface area contributed by atoms with Crippen molar-refractivity contribution in [2.45, 2.75) is 38.0 Å². The van der Waals surface area contributed by atoms with Crippen LogP contribution in [-0.4, -0.2) is 72.8 Å². The highest BCUT2D eigenvalue weighted by Gasteiger charge is 2.39. The van der Waals surface area contributed by atoms with E-state index in [1.807, 2.05) is 24.3 Å². The van der Waals surface area contributed by atoms with E-state index in [4.69, 9.17) is 11.1 Å². The van der Waals surface area contributed by atoms with E-state index in [1.54, 1.807) is 42.9 Å².